The minimum absolute atomic E-state index is 0.0286. The fourth-order valence-corrected chi connectivity index (χ4v) is 5.64. The maximum Gasteiger partial charge on any atom is 0.353 e. The van der Waals surface area contributed by atoms with Gasteiger partial charge < -0.3 is 25.5 Å². The number of carboxylic acid groups (broad SMARTS) is 1. The van der Waals surface area contributed by atoms with E-state index in [4.69, 9.17) is 0 Å². The second-order valence-electron chi connectivity index (χ2n) is 7.60. The molecule has 0 spiro atoms. The molecule has 0 aromatic carbocycles. The van der Waals surface area contributed by atoms with Crippen LogP contribution in [0.3, 0.4) is 0 Å². The summed E-state index contributed by atoms with van der Waals surface area (Å²) in [6, 6.07) is -1.12. The molecule has 27 heavy (non-hydrogen) atoms. The van der Waals surface area contributed by atoms with Gasteiger partial charge in [-0.3, -0.25) is 14.5 Å². The minimum atomic E-state index is -1.97. The second kappa shape index (κ2) is 6.77. The number of likely N-dealkylation sites (N-methyl/N-ethyl adjacent to an activating group) is 1. The Morgan fingerprint density at radius 2 is 2.04 bits per heavy atom. The first kappa shape index (κ1) is 20.1. The van der Waals surface area contributed by atoms with Gasteiger partial charge in [0.1, 0.15) is 5.70 Å². The number of fused-ring (bicyclic) bond motifs is 1. The Kier molecular flexibility index (Phi) is 5.04. The predicted molar refractivity (Wildman–Crippen MR) is 97.6 cm³/mol. The Labute approximate surface area is 161 Å². The number of carbonyl (C=O) groups excluding carboxylic acids is 2. The number of amides is 2. The Morgan fingerprint density at radius 1 is 1.41 bits per heavy atom. The lowest BCUT2D eigenvalue weighted by Gasteiger charge is -2.52. The van der Waals surface area contributed by atoms with Crippen molar-refractivity contribution in [1.29, 1.82) is 0 Å². The zero-order valence-electron chi connectivity index (χ0n) is 15.7. The Morgan fingerprint density at radius 3 is 2.56 bits per heavy atom. The van der Waals surface area contributed by atoms with Gasteiger partial charge in [-0.1, -0.05) is 6.92 Å². The number of carboxylic acids is 1. The van der Waals surface area contributed by atoms with Gasteiger partial charge in [0.15, 0.2) is 5.60 Å². The summed E-state index contributed by atoms with van der Waals surface area (Å²) in [5, 5.41) is 33.3. The molecule has 3 rings (SSSR count). The van der Waals surface area contributed by atoms with Crippen LogP contribution in [0, 0.1) is 5.92 Å². The van der Waals surface area contributed by atoms with Crippen LogP contribution in [0.25, 0.3) is 0 Å². The summed E-state index contributed by atoms with van der Waals surface area (Å²) in [5.74, 6) is -2.48. The Balaban J connectivity index is 1.82. The van der Waals surface area contributed by atoms with Crippen LogP contribution in [0.15, 0.2) is 10.6 Å². The maximum atomic E-state index is 12.4. The second-order valence-corrected chi connectivity index (χ2v) is 8.94. The molecule has 6 atom stereocenters. The molecule has 9 nitrogen and oxygen atoms in total. The highest BCUT2D eigenvalue weighted by atomic mass is 32.2. The van der Waals surface area contributed by atoms with E-state index in [2.05, 4.69) is 5.32 Å². The smallest absolute Gasteiger partial charge is 0.353 e. The molecular formula is C17H25N3O6S. The molecular weight excluding hydrogens is 374 g/mol. The normalized spacial score (nSPS) is 36.5. The van der Waals surface area contributed by atoms with Crippen molar-refractivity contribution in [2.75, 3.05) is 20.6 Å². The minimum Gasteiger partial charge on any atom is -0.477 e. The highest BCUT2D eigenvalue weighted by molar-refractivity contribution is 8.03. The van der Waals surface area contributed by atoms with E-state index in [0.717, 1.165) is 4.90 Å². The summed E-state index contributed by atoms with van der Waals surface area (Å²) < 4.78 is 0. The maximum absolute atomic E-state index is 12.4. The van der Waals surface area contributed by atoms with Crippen molar-refractivity contribution < 1.29 is 29.7 Å². The van der Waals surface area contributed by atoms with Gasteiger partial charge in [-0.15, -0.1) is 11.8 Å². The van der Waals surface area contributed by atoms with Gasteiger partial charge in [0.05, 0.1) is 18.2 Å². The number of nitrogens with one attached hydrogen (secondary N) is 1. The number of β-lactam (4-membered cyclic amide) rings is 1. The molecule has 0 saturated carbocycles. The molecule has 150 valence electrons. The molecule has 3 aliphatic heterocycles. The Bertz CT molecular complexity index is 723. The fourth-order valence-electron chi connectivity index (χ4n) is 4.17. The topological polar surface area (TPSA) is 130 Å². The van der Waals surface area contributed by atoms with Crippen LogP contribution in [0.2, 0.25) is 0 Å². The fraction of sp³-hybridized carbons (Fsp3) is 0.706. The molecule has 2 amide bonds. The third-order valence-electron chi connectivity index (χ3n) is 5.61. The first-order valence-electron chi connectivity index (χ1n) is 8.84. The zero-order valence-corrected chi connectivity index (χ0v) is 16.5. The highest BCUT2D eigenvalue weighted by Crippen LogP contribution is 2.53. The van der Waals surface area contributed by atoms with Gasteiger partial charge in [0, 0.05) is 36.7 Å². The largest absolute Gasteiger partial charge is 0.477 e. The van der Waals surface area contributed by atoms with Gasteiger partial charge in [0.25, 0.3) is 5.91 Å². The van der Waals surface area contributed by atoms with Crippen molar-refractivity contribution >= 4 is 29.5 Å². The summed E-state index contributed by atoms with van der Waals surface area (Å²) in [4.78, 5) is 39.5. The summed E-state index contributed by atoms with van der Waals surface area (Å²) in [7, 11) is 3.37. The van der Waals surface area contributed by atoms with Crippen LogP contribution in [0.4, 0.5) is 0 Å². The molecule has 3 aliphatic rings. The van der Waals surface area contributed by atoms with E-state index in [9.17, 15) is 29.7 Å². The molecule has 2 fully saturated rings. The van der Waals surface area contributed by atoms with Gasteiger partial charge in [-0.05, 0) is 13.3 Å². The zero-order chi connectivity index (χ0) is 20.3. The number of thioether (sulfide) groups is 1. The lowest BCUT2D eigenvalue weighted by atomic mass is 9.74. The molecule has 0 aromatic heterocycles. The number of hydrogen-bond acceptors (Lipinski definition) is 7. The predicted octanol–water partition coefficient (Wildman–Crippen LogP) is -1.19. The van der Waals surface area contributed by atoms with Crippen LogP contribution in [0.5, 0.6) is 0 Å². The molecule has 3 heterocycles. The number of carbonyl (C=O) groups is 3. The standard InChI is InChI=1S/C17H25N3O6S/c1-7-12(27-9-5-10(18-6-9)14(22)19(3)4)11(15(23)24)20-13(7)17(26,8(2)21)16(20)25/h7-10,13,18,21,26H,5-6H2,1-4H3,(H,23,24)/t7-,8+,9-,10-,13+,17?/m0/s1. The van der Waals surface area contributed by atoms with E-state index >= 15 is 0 Å². The number of aliphatic carboxylic acids is 1. The molecule has 0 aromatic rings. The van der Waals surface area contributed by atoms with Gasteiger partial charge in [-0.2, -0.15) is 0 Å². The van der Waals surface area contributed by atoms with Crippen molar-refractivity contribution in [3.05, 3.63) is 10.6 Å². The molecule has 10 heteroatoms. The number of aliphatic hydroxyl groups excluding tert-OH is 1. The van der Waals surface area contributed by atoms with E-state index in [-0.39, 0.29) is 22.9 Å². The highest BCUT2D eigenvalue weighted by Gasteiger charge is 2.69. The van der Waals surface area contributed by atoms with E-state index in [1.54, 1.807) is 21.0 Å². The molecule has 0 radical (unpaired) electrons. The van der Waals surface area contributed by atoms with Gasteiger partial charge >= 0.3 is 5.97 Å². The summed E-state index contributed by atoms with van der Waals surface area (Å²) in [5.41, 5.74) is -2.10. The monoisotopic (exact) mass is 399 g/mol. The molecule has 0 bridgehead atoms. The number of hydrogen-bond donors (Lipinski definition) is 4. The third-order valence-corrected chi connectivity index (χ3v) is 7.13. The number of rotatable bonds is 5. The quantitative estimate of drug-likeness (QED) is 0.425. The van der Waals surface area contributed by atoms with Crippen LogP contribution >= 0.6 is 11.8 Å². The van der Waals surface area contributed by atoms with E-state index < -0.39 is 35.5 Å². The summed E-state index contributed by atoms with van der Waals surface area (Å²) >= 11 is 1.33. The third kappa shape index (κ3) is 2.86. The van der Waals surface area contributed by atoms with Crippen LogP contribution in [-0.4, -0.2) is 92.6 Å². The summed E-state index contributed by atoms with van der Waals surface area (Å²) in [6.07, 6.45) is -0.757. The number of nitrogens with zero attached hydrogens (tertiary/aromatic N) is 2. The molecule has 1 unspecified atom stereocenters. The van der Waals surface area contributed by atoms with Crippen molar-refractivity contribution in [2.24, 2.45) is 5.92 Å². The van der Waals surface area contributed by atoms with E-state index in [1.165, 1.54) is 23.6 Å². The van der Waals surface area contributed by atoms with Crippen LogP contribution in [0.1, 0.15) is 20.3 Å². The molecule has 4 N–H and O–H groups in total. The van der Waals surface area contributed by atoms with E-state index in [0.29, 0.717) is 17.9 Å². The van der Waals surface area contributed by atoms with Crippen LogP contribution < -0.4 is 5.32 Å². The van der Waals surface area contributed by atoms with Gasteiger partial charge in [0.2, 0.25) is 5.91 Å². The average Bonchev–Trinajstić information content (AvgIpc) is 3.15. The Hall–Kier alpha value is -1.62. The van der Waals surface area contributed by atoms with Crippen molar-refractivity contribution in [3.8, 4) is 0 Å². The van der Waals surface area contributed by atoms with E-state index in [1.807, 2.05) is 0 Å². The van der Waals surface area contributed by atoms with Crippen LogP contribution in [-0.2, 0) is 14.4 Å². The number of aliphatic hydroxyl groups is 2. The van der Waals surface area contributed by atoms with Crippen molar-refractivity contribution in [1.82, 2.24) is 15.1 Å². The average molecular weight is 399 g/mol. The lowest BCUT2D eigenvalue weighted by molar-refractivity contribution is -0.208. The summed E-state index contributed by atoms with van der Waals surface area (Å²) in [6.45, 7) is 3.61. The van der Waals surface area contributed by atoms with Crippen molar-refractivity contribution in [3.63, 3.8) is 0 Å². The van der Waals surface area contributed by atoms with Crippen molar-refractivity contribution in [2.45, 2.75) is 49.3 Å². The molecule has 0 aliphatic carbocycles. The first-order valence-corrected chi connectivity index (χ1v) is 9.72. The lowest BCUT2D eigenvalue weighted by Crippen LogP contribution is -2.77. The first-order chi connectivity index (χ1) is 12.5. The SMILES string of the molecule is C[C@H]1C(S[C@@H]2CN[C@H](C(=O)N(C)C)C2)=C(C(=O)O)N2C(=O)C(O)([C@@H](C)O)[C@@H]12. The molecule has 2 saturated heterocycles. The van der Waals surface area contributed by atoms with Gasteiger partial charge in [-0.25, -0.2) is 4.79 Å².